The lowest BCUT2D eigenvalue weighted by Crippen LogP contribution is -2.41. The quantitative estimate of drug-likeness (QED) is 0.157. The first-order valence-corrected chi connectivity index (χ1v) is 17.1. The van der Waals surface area contributed by atoms with E-state index in [0.29, 0.717) is 33.0 Å². The molecule has 2 atom stereocenters. The summed E-state index contributed by atoms with van der Waals surface area (Å²) in [6.45, 7) is 11.4. The summed E-state index contributed by atoms with van der Waals surface area (Å²) in [4.78, 5) is 3.43. The van der Waals surface area contributed by atoms with Crippen LogP contribution in [0.5, 0.6) is 5.75 Å². The van der Waals surface area contributed by atoms with Crippen molar-refractivity contribution >= 4 is 17.4 Å². The highest BCUT2D eigenvalue weighted by atomic mass is 32.2. The molecule has 1 aliphatic heterocycles. The van der Waals surface area contributed by atoms with Gasteiger partial charge in [0.15, 0.2) is 0 Å². The van der Waals surface area contributed by atoms with Crippen LogP contribution in [0.4, 0.5) is 5.69 Å². The number of aliphatic hydroxyl groups is 1. The van der Waals surface area contributed by atoms with E-state index in [9.17, 15) is 5.11 Å². The fraction of sp³-hybridized carbons (Fsp3) is 0.657. The van der Waals surface area contributed by atoms with Gasteiger partial charge in [-0.2, -0.15) is 0 Å². The first-order valence-electron chi connectivity index (χ1n) is 16.2. The van der Waals surface area contributed by atoms with Gasteiger partial charge in [0.1, 0.15) is 12.4 Å². The van der Waals surface area contributed by atoms with Crippen LogP contribution in [0.15, 0.2) is 47.4 Å². The number of thioether (sulfide) groups is 1. The third-order valence-corrected chi connectivity index (χ3v) is 9.70. The molecule has 7 heteroatoms. The van der Waals surface area contributed by atoms with E-state index in [1.807, 2.05) is 17.8 Å². The molecule has 0 fully saturated rings. The van der Waals surface area contributed by atoms with Gasteiger partial charge in [-0.25, -0.2) is 0 Å². The van der Waals surface area contributed by atoms with Gasteiger partial charge < -0.3 is 29.5 Å². The zero-order valence-corrected chi connectivity index (χ0v) is 27.6. The van der Waals surface area contributed by atoms with Crippen molar-refractivity contribution in [1.29, 1.82) is 0 Å². The van der Waals surface area contributed by atoms with Crippen LogP contribution in [0.2, 0.25) is 0 Å². The monoisotopic (exact) mass is 600 g/mol. The summed E-state index contributed by atoms with van der Waals surface area (Å²) >= 11 is 1.93. The number of benzene rings is 2. The summed E-state index contributed by atoms with van der Waals surface area (Å²) in [7, 11) is 4.16. The molecular weight excluding hydrogens is 544 g/mol. The van der Waals surface area contributed by atoms with Crippen molar-refractivity contribution in [3.8, 4) is 5.75 Å². The average Bonchev–Trinajstić information content (AvgIpc) is 3.11. The molecule has 1 aliphatic rings. The van der Waals surface area contributed by atoms with E-state index in [1.165, 1.54) is 10.5 Å². The van der Waals surface area contributed by atoms with E-state index in [1.54, 1.807) is 0 Å². The molecule has 0 aromatic heterocycles. The third kappa shape index (κ3) is 10.2. The van der Waals surface area contributed by atoms with Crippen LogP contribution < -0.4 is 15.0 Å². The minimum atomic E-state index is -0.475. The topological polar surface area (TPSA) is 63.2 Å². The molecule has 42 heavy (non-hydrogen) atoms. The number of nitrogens with zero attached hydrogens (tertiary/aromatic N) is 1. The summed E-state index contributed by atoms with van der Waals surface area (Å²) < 4.78 is 17.5. The summed E-state index contributed by atoms with van der Waals surface area (Å²) in [6.07, 6.45) is 7.31. The van der Waals surface area contributed by atoms with Gasteiger partial charge in [-0.15, -0.1) is 11.8 Å². The van der Waals surface area contributed by atoms with Gasteiger partial charge in [0, 0.05) is 48.3 Å². The minimum absolute atomic E-state index is 0.118. The van der Waals surface area contributed by atoms with Gasteiger partial charge in [-0.05, 0) is 67.3 Å². The van der Waals surface area contributed by atoms with Crippen LogP contribution in [-0.2, 0) is 9.47 Å². The van der Waals surface area contributed by atoms with Crippen LogP contribution in [0, 0.1) is 5.41 Å². The molecule has 2 aromatic rings. The van der Waals surface area contributed by atoms with Crippen LogP contribution in [0.3, 0.4) is 0 Å². The molecule has 2 aromatic carbocycles. The lowest BCUT2D eigenvalue weighted by molar-refractivity contribution is 0.0135. The van der Waals surface area contributed by atoms with Gasteiger partial charge in [0.05, 0.1) is 32.5 Å². The summed E-state index contributed by atoms with van der Waals surface area (Å²) in [6, 6.07) is 15.1. The second-order valence-corrected chi connectivity index (χ2v) is 12.8. The normalized spacial score (nSPS) is 18.0. The molecular formula is C35H56N2O4S. The Morgan fingerprint density at radius 1 is 0.881 bits per heavy atom. The highest BCUT2D eigenvalue weighted by Crippen LogP contribution is 2.52. The third-order valence-electron chi connectivity index (χ3n) is 8.30. The van der Waals surface area contributed by atoms with Crippen molar-refractivity contribution in [3.05, 3.63) is 53.6 Å². The van der Waals surface area contributed by atoms with Crippen LogP contribution in [0.1, 0.15) is 82.8 Å². The predicted octanol–water partition coefficient (Wildman–Crippen LogP) is 7.13. The Balaban J connectivity index is 1.74. The van der Waals surface area contributed by atoms with Crippen molar-refractivity contribution < 1.29 is 19.3 Å². The SMILES string of the molecule is CCCCC1(CCCC)CSc2ccc(N(C)C)cc2[C@H](c2cccc(OCCOCCOCCNCCC)c2)[C@@H]1O. The van der Waals surface area contributed by atoms with Crippen LogP contribution >= 0.6 is 11.8 Å². The number of aliphatic hydroxyl groups excluding tert-OH is 1. The van der Waals surface area contributed by atoms with Crippen molar-refractivity contribution in [2.75, 3.05) is 70.9 Å². The van der Waals surface area contributed by atoms with Crippen molar-refractivity contribution in [1.82, 2.24) is 5.32 Å². The number of hydrogen-bond donors (Lipinski definition) is 2. The molecule has 0 amide bonds. The van der Waals surface area contributed by atoms with E-state index < -0.39 is 6.10 Å². The van der Waals surface area contributed by atoms with E-state index in [2.05, 4.69) is 81.5 Å². The lowest BCUT2D eigenvalue weighted by Gasteiger charge is -2.40. The molecule has 2 N–H and O–H groups in total. The number of rotatable bonds is 20. The van der Waals surface area contributed by atoms with Crippen molar-refractivity contribution in [2.45, 2.75) is 82.6 Å². The molecule has 0 spiro atoms. The Hall–Kier alpha value is -1.77. The highest BCUT2D eigenvalue weighted by Gasteiger charge is 2.45. The van der Waals surface area contributed by atoms with Gasteiger partial charge in [-0.1, -0.05) is 58.6 Å². The summed E-state index contributed by atoms with van der Waals surface area (Å²) in [5, 5.41) is 15.7. The van der Waals surface area contributed by atoms with Gasteiger partial charge in [-0.3, -0.25) is 0 Å². The molecule has 0 aliphatic carbocycles. The molecule has 3 rings (SSSR count). The Morgan fingerprint density at radius 3 is 2.29 bits per heavy atom. The maximum Gasteiger partial charge on any atom is 0.119 e. The molecule has 1 heterocycles. The van der Waals surface area contributed by atoms with Crippen LogP contribution in [-0.4, -0.2) is 77.2 Å². The Kier molecular flexibility index (Phi) is 15.5. The largest absolute Gasteiger partial charge is 0.491 e. The first kappa shape index (κ1) is 34.7. The maximum atomic E-state index is 12.4. The van der Waals surface area contributed by atoms with Crippen LogP contribution in [0.25, 0.3) is 0 Å². The number of unbranched alkanes of at least 4 members (excludes halogenated alkanes) is 2. The van der Waals surface area contributed by atoms with E-state index >= 15 is 0 Å². The predicted molar refractivity (Wildman–Crippen MR) is 178 cm³/mol. The molecule has 0 radical (unpaired) electrons. The summed E-state index contributed by atoms with van der Waals surface area (Å²) in [5.41, 5.74) is 3.37. The van der Waals surface area contributed by atoms with Gasteiger partial charge in [0.2, 0.25) is 0 Å². The standard InChI is InChI=1S/C35H56N2O4S/c1-6-9-16-35(17-10-7-2)27-42-32-15-14-29(37(4)5)26-31(32)33(34(35)38)28-12-11-13-30(25-28)41-24-23-40-22-21-39-20-19-36-18-8-3/h11-15,25-26,33-34,36,38H,6-10,16-24,27H2,1-5H3/t33-,34-/m0/s1. The molecule has 0 saturated carbocycles. The Bertz CT molecular complexity index is 1030. The zero-order chi connectivity index (χ0) is 30.2. The number of hydrogen-bond acceptors (Lipinski definition) is 7. The highest BCUT2D eigenvalue weighted by molar-refractivity contribution is 7.99. The molecule has 0 unspecified atom stereocenters. The lowest BCUT2D eigenvalue weighted by atomic mass is 9.68. The summed E-state index contributed by atoms with van der Waals surface area (Å²) in [5.74, 6) is 1.65. The van der Waals surface area contributed by atoms with Gasteiger partial charge >= 0.3 is 0 Å². The molecule has 0 saturated heterocycles. The Labute approximate surface area is 259 Å². The zero-order valence-electron chi connectivity index (χ0n) is 26.8. The Morgan fingerprint density at radius 2 is 1.60 bits per heavy atom. The molecule has 6 nitrogen and oxygen atoms in total. The van der Waals surface area contributed by atoms with E-state index in [-0.39, 0.29) is 11.3 Å². The fourth-order valence-electron chi connectivity index (χ4n) is 5.79. The minimum Gasteiger partial charge on any atom is -0.491 e. The first-order chi connectivity index (χ1) is 20.5. The maximum absolute atomic E-state index is 12.4. The van der Waals surface area contributed by atoms with E-state index in [0.717, 1.165) is 80.8 Å². The number of anilines is 1. The second kappa shape index (κ2) is 18.8. The second-order valence-electron chi connectivity index (χ2n) is 11.8. The number of fused-ring (bicyclic) bond motifs is 1. The van der Waals surface area contributed by atoms with Crippen molar-refractivity contribution in [3.63, 3.8) is 0 Å². The smallest absolute Gasteiger partial charge is 0.119 e. The molecule has 236 valence electrons. The number of ether oxygens (including phenoxy) is 3. The fourth-order valence-corrected chi connectivity index (χ4v) is 7.21. The van der Waals surface area contributed by atoms with E-state index in [4.69, 9.17) is 14.2 Å². The van der Waals surface area contributed by atoms with Gasteiger partial charge in [0.25, 0.3) is 0 Å². The van der Waals surface area contributed by atoms with Crippen molar-refractivity contribution in [2.24, 2.45) is 5.41 Å². The molecule has 0 bridgehead atoms. The average molecular weight is 601 g/mol. The number of nitrogens with one attached hydrogen (secondary N) is 1.